The van der Waals surface area contributed by atoms with Crippen molar-refractivity contribution in [2.24, 2.45) is 0 Å². The van der Waals surface area contributed by atoms with Crippen molar-refractivity contribution in [3.8, 4) is 0 Å². The monoisotopic (exact) mass is 394 g/mol. The third-order valence-electron chi connectivity index (χ3n) is 4.11. The minimum Gasteiger partial charge on any atom is -0.325 e. The number of sulfonamides is 1. The van der Waals surface area contributed by atoms with Crippen molar-refractivity contribution < 1.29 is 13.2 Å². The number of carbonyl (C=O) groups excluding carboxylic acids is 1. The lowest BCUT2D eigenvalue weighted by molar-refractivity contribution is -0.116. The minimum atomic E-state index is -3.76. The quantitative estimate of drug-likeness (QED) is 0.807. The van der Waals surface area contributed by atoms with E-state index in [4.69, 9.17) is 11.6 Å². The van der Waals surface area contributed by atoms with Gasteiger partial charge in [-0.05, 0) is 55.7 Å². The van der Waals surface area contributed by atoms with Gasteiger partial charge in [0.25, 0.3) is 0 Å². The van der Waals surface area contributed by atoms with Crippen LogP contribution < -0.4 is 5.32 Å². The molecule has 2 rings (SSSR count). The van der Waals surface area contributed by atoms with Crippen LogP contribution in [-0.4, -0.2) is 31.7 Å². The molecular formula is C19H23ClN2O3S. The van der Waals surface area contributed by atoms with E-state index >= 15 is 0 Å². The molecule has 140 valence electrons. The van der Waals surface area contributed by atoms with Gasteiger partial charge >= 0.3 is 0 Å². The molecule has 0 spiro atoms. The standard InChI is InChI=1S/C19H23ClN2O3S/c1-5-22(26(24,25)18-10-13(2)6-7-15(18)4)12-19(23)21-17-11-16(20)9-8-14(17)3/h6-11H,5,12H2,1-4H3,(H,21,23). The van der Waals surface area contributed by atoms with Crippen LogP contribution in [0.1, 0.15) is 23.6 Å². The summed E-state index contributed by atoms with van der Waals surface area (Å²) in [5.74, 6) is -0.411. The van der Waals surface area contributed by atoms with Gasteiger partial charge < -0.3 is 5.32 Å². The van der Waals surface area contributed by atoms with E-state index in [0.717, 1.165) is 11.1 Å². The van der Waals surface area contributed by atoms with Gasteiger partial charge in [0.15, 0.2) is 0 Å². The molecule has 0 fully saturated rings. The molecule has 0 aromatic heterocycles. The van der Waals surface area contributed by atoms with Crippen LogP contribution in [0.5, 0.6) is 0 Å². The molecule has 0 aliphatic carbocycles. The maximum absolute atomic E-state index is 13.0. The average molecular weight is 395 g/mol. The van der Waals surface area contributed by atoms with E-state index in [9.17, 15) is 13.2 Å². The third kappa shape index (κ3) is 4.63. The number of hydrogen-bond donors (Lipinski definition) is 1. The van der Waals surface area contributed by atoms with Gasteiger partial charge in [-0.1, -0.05) is 36.7 Å². The van der Waals surface area contributed by atoms with Crippen LogP contribution in [0.3, 0.4) is 0 Å². The zero-order chi connectivity index (χ0) is 19.5. The minimum absolute atomic E-state index is 0.192. The molecule has 0 aliphatic heterocycles. The molecule has 0 unspecified atom stereocenters. The Hall–Kier alpha value is -1.89. The van der Waals surface area contributed by atoms with Gasteiger partial charge in [0.1, 0.15) is 0 Å². The number of anilines is 1. The predicted molar refractivity (Wildman–Crippen MR) is 105 cm³/mol. The van der Waals surface area contributed by atoms with Crippen LogP contribution in [-0.2, 0) is 14.8 Å². The molecule has 0 aliphatic rings. The molecule has 0 bridgehead atoms. The highest BCUT2D eigenvalue weighted by molar-refractivity contribution is 7.89. The van der Waals surface area contributed by atoms with Crippen LogP contribution in [0.25, 0.3) is 0 Å². The zero-order valence-corrected chi connectivity index (χ0v) is 16.9. The summed E-state index contributed by atoms with van der Waals surface area (Å²) in [5.41, 5.74) is 2.93. The summed E-state index contributed by atoms with van der Waals surface area (Å²) in [6.45, 7) is 7.06. The van der Waals surface area contributed by atoms with E-state index in [1.165, 1.54) is 4.31 Å². The molecule has 0 heterocycles. The molecule has 26 heavy (non-hydrogen) atoms. The molecule has 0 saturated carbocycles. The molecule has 5 nitrogen and oxygen atoms in total. The number of nitrogens with zero attached hydrogens (tertiary/aromatic N) is 1. The van der Waals surface area contributed by atoms with Crippen molar-refractivity contribution in [1.82, 2.24) is 4.31 Å². The highest BCUT2D eigenvalue weighted by Gasteiger charge is 2.27. The molecule has 0 saturated heterocycles. The Morgan fingerprint density at radius 1 is 1.08 bits per heavy atom. The molecule has 1 N–H and O–H groups in total. The van der Waals surface area contributed by atoms with Gasteiger partial charge in [-0.2, -0.15) is 4.31 Å². The molecule has 2 aromatic rings. The normalized spacial score (nSPS) is 11.6. The lowest BCUT2D eigenvalue weighted by atomic mass is 10.2. The summed E-state index contributed by atoms with van der Waals surface area (Å²) >= 11 is 5.96. The van der Waals surface area contributed by atoms with Crippen LogP contribution in [0, 0.1) is 20.8 Å². The second-order valence-corrected chi connectivity index (χ2v) is 8.55. The number of hydrogen-bond acceptors (Lipinski definition) is 3. The second kappa shape index (κ2) is 8.20. The zero-order valence-electron chi connectivity index (χ0n) is 15.3. The van der Waals surface area contributed by atoms with Gasteiger partial charge in [-0.15, -0.1) is 0 Å². The fourth-order valence-corrected chi connectivity index (χ4v) is 4.46. The Morgan fingerprint density at radius 2 is 1.73 bits per heavy atom. The third-order valence-corrected chi connectivity index (χ3v) is 6.41. The van der Waals surface area contributed by atoms with E-state index < -0.39 is 15.9 Å². The molecule has 0 radical (unpaired) electrons. The van der Waals surface area contributed by atoms with Crippen LogP contribution >= 0.6 is 11.6 Å². The molecule has 1 amide bonds. The smallest absolute Gasteiger partial charge is 0.243 e. The topological polar surface area (TPSA) is 66.5 Å². The van der Waals surface area contributed by atoms with Gasteiger partial charge in [-0.3, -0.25) is 4.79 Å². The van der Waals surface area contributed by atoms with E-state index in [1.807, 2.05) is 19.9 Å². The largest absolute Gasteiger partial charge is 0.325 e. The lowest BCUT2D eigenvalue weighted by Gasteiger charge is -2.21. The van der Waals surface area contributed by atoms with Crippen LogP contribution in [0.4, 0.5) is 5.69 Å². The van der Waals surface area contributed by atoms with Crippen molar-refractivity contribution in [2.45, 2.75) is 32.6 Å². The Morgan fingerprint density at radius 3 is 2.38 bits per heavy atom. The number of rotatable bonds is 6. The van der Waals surface area contributed by atoms with Crippen molar-refractivity contribution in [3.05, 3.63) is 58.1 Å². The van der Waals surface area contributed by atoms with E-state index in [2.05, 4.69) is 5.32 Å². The second-order valence-electron chi connectivity index (χ2n) is 6.21. The van der Waals surface area contributed by atoms with Crippen molar-refractivity contribution in [3.63, 3.8) is 0 Å². The van der Waals surface area contributed by atoms with E-state index in [1.54, 1.807) is 44.2 Å². The number of aryl methyl sites for hydroxylation is 3. The summed E-state index contributed by atoms with van der Waals surface area (Å²) in [5, 5.41) is 3.24. The number of nitrogens with one attached hydrogen (secondary N) is 1. The van der Waals surface area contributed by atoms with Crippen LogP contribution in [0.2, 0.25) is 5.02 Å². The highest BCUT2D eigenvalue weighted by Crippen LogP contribution is 2.22. The first-order valence-corrected chi connectivity index (χ1v) is 10.1. The summed E-state index contributed by atoms with van der Waals surface area (Å²) in [7, 11) is -3.76. The SMILES string of the molecule is CCN(CC(=O)Nc1cc(Cl)ccc1C)S(=O)(=O)c1cc(C)ccc1C. The van der Waals surface area contributed by atoms with Crippen molar-refractivity contribution in [1.29, 1.82) is 0 Å². The van der Waals surface area contributed by atoms with Crippen molar-refractivity contribution in [2.75, 3.05) is 18.4 Å². The maximum Gasteiger partial charge on any atom is 0.243 e. The Bertz CT molecular complexity index is 926. The van der Waals surface area contributed by atoms with Gasteiger partial charge in [0, 0.05) is 17.3 Å². The maximum atomic E-state index is 13.0. The number of likely N-dealkylation sites (N-methyl/N-ethyl adjacent to an activating group) is 1. The lowest BCUT2D eigenvalue weighted by Crippen LogP contribution is -2.38. The van der Waals surface area contributed by atoms with Crippen molar-refractivity contribution >= 4 is 33.2 Å². The fourth-order valence-electron chi connectivity index (χ4n) is 2.57. The van der Waals surface area contributed by atoms with E-state index in [-0.39, 0.29) is 18.0 Å². The molecule has 2 aromatic carbocycles. The number of amides is 1. The van der Waals surface area contributed by atoms with Gasteiger partial charge in [-0.25, -0.2) is 8.42 Å². The first-order chi connectivity index (χ1) is 12.1. The fraction of sp³-hybridized carbons (Fsp3) is 0.316. The Labute approximate surface area is 160 Å². The number of carbonyl (C=O) groups is 1. The Kier molecular flexibility index (Phi) is 6.44. The first kappa shape index (κ1) is 20.4. The Balaban J connectivity index is 2.24. The van der Waals surface area contributed by atoms with Gasteiger partial charge in [0.05, 0.1) is 11.4 Å². The first-order valence-electron chi connectivity index (χ1n) is 8.28. The van der Waals surface area contributed by atoms with Gasteiger partial charge in [0.2, 0.25) is 15.9 Å². The molecule has 0 atom stereocenters. The summed E-state index contributed by atoms with van der Waals surface area (Å²) in [4.78, 5) is 12.6. The molecule has 7 heteroatoms. The summed E-state index contributed by atoms with van der Waals surface area (Å²) in [6, 6.07) is 10.4. The summed E-state index contributed by atoms with van der Waals surface area (Å²) < 4.78 is 27.1. The molecular weight excluding hydrogens is 372 g/mol. The van der Waals surface area contributed by atoms with Crippen LogP contribution in [0.15, 0.2) is 41.3 Å². The summed E-state index contributed by atoms with van der Waals surface area (Å²) in [6.07, 6.45) is 0. The predicted octanol–water partition coefficient (Wildman–Crippen LogP) is 3.91. The average Bonchev–Trinajstić information content (AvgIpc) is 2.57. The number of benzene rings is 2. The highest BCUT2D eigenvalue weighted by atomic mass is 35.5. The van der Waals surface area contributed by atoms with E-state index in [0.29, 0.717) is 16.3 Å². The number of halogens is 1.